The van der Waals surface area contributed by atoms with Gasteiger partial charge < -0.3 is 15.2 Å². The van der Waals surface area contributed by atoms with Crippen LogP contribution in [0.1, 0.15) is 25.3 Å². The number of pyridine rings is 1. The first-order chi connectivity index (χ1) is 8.86. The lowest BCUT2D eigenvalue weighted by Crippen LogP contribution is -2.07. The number of rotatable bonds is 7. The van der Waals surface area contributed by atoms with Gasteiger partial charge in [0.15, 0.2) is 0 Å². The van der Waals surface area contributed by atoms with E-state index in [1.807, 2.05) is 6.07 Å². The van der Waals surface area contributed by atoms with Crippen LogP contribution in [0, 0.1) is 11.8 Å². The summed E-state index contributed by atoms with van der Waals surface area (Å²) < 4.78 is 10.9. The van der Waals surface area contributed by atoms with Crippen molar-refractivity contribution in [2.45, 2.75) is 19.8 Å². The highest BCUT2D eigenvalue weighted by molar-refractivity contribution is 5.36. The molecule has 4 heteroatoms. The third-order valence-corrected chi connectivity index (χ3v) is 2.19. The molecule has 0 unspecified atom stereocenters. The molecule has 0 aliphatic rings. The van der Waals surface area contributed by atoms with Gasteiger partial charge in [-0.15, -0.1) is 0 Å². The average molecular weight is 248 g/mol. The summed E-state index contributed by atoms with van der Waals surface area (Å²) in [5, 5.41) is 0. The Hall–Kier alpha value is -1.57. The van der Waals surface area contributed by atoms with E-state index in [0.29, 0.717) is 25.5 Å². The summed E-state index contributed by atoms with van der Waals surface area (Å²) in [5.41, 5.74) is 6.12. The predicted octanol–water partition coefficient (Wildman–Crippen LogP) is 1.59. The van der Waals surface area contributed by atoms with Gasteiger partial charge in [0.25, 0.3) is 0 Å². The van der Waals surface area contributed by atoms with Gasteiger partial charge in [-0.3, -0.25) is 4.98 Å². The predicted molar refractivity (Wildman–Crippen MR) is 71.4 cm³/mol. The van der Waals surface area contributed by atoms with Crippen LogP contribution in [0.3, 0.4) is 0 Å². The Labute approximate surface area is 109 Å². The second kappa shape index (κ2) is 9.46. The lowest BCUT2D eigenvalue weighted by atomic mass is 10.3. The molecule has 0 amide bonds. The molecule has 0 aromatic carbocycles. The van der Waals surface area contributed by atoms with Gasteiger partial charge in [0.1, 0.15) is 12.4 Å². The lowest BCUT2D eigenvalue weighted by Gasteiger charge is -2.06. The molecule has 0 fully saturated rings. The number of ether oxygens (including phenoxy) is 2. The van der Waals surface area contributed by atoms with Gasteiger partial charge in [-0.25, -0.2) is 0 Å². The van der Waals surface area contributed by atoms with E-state index in [0.717, 1.165) is 25.0 Å². The topological polar surface area (TPSA) is 57.4 Å². The number of hydrogen-bond acceptors (Lipinski definition) is 4. The molecule has 2 N–H and O–H groups in total. The Morgan fingerprint density at radius 1 is 1.28 bits per heavy atom. The molecule has 0 saturated carbocycles. The zero-order valence-electron chi connectivity index (χ0n) is 10.8. The molecule has 0 saturated heterocycles. The van der Waals surface area contributed by atoms with Gasteiger partial charge in [-0.2, -0.15) is 0 Å². The van der Waals surface area contributed by atoms with Crippen molar-refractivity contribution in [3.63, 3.8) is 0 Å². The van der Waals surface area contributed by atoms with Gasteiger partial charge in [0.2, 0.25) is 0 Å². The van der Waals surface area contributed by atoms with Crippen LogP contribution in [0.2, 0.25) is 0 Å². The van der Waals surface area contributed by atoms with Crippen LogP contribution in [-0.2, 0) is 4.74 Å². The third-order valence-electron chi connectivity index (χ3n) is 2.19. The van der Waals surface area contributed by atoms with Crippen molar-refractivity contribution in [2.24, 2.45) is 5.73 Å². The van der Waals surface area contributed by atoms with Gasteiger partial charge in [0, 0.05) is 18.4 Å². The number of nitrogens with zero attached hydrogens (tertiary/aromatic N) is 1. The summed E-state index contributed by atoms with van der Waals surface area (Å²) in [6, 6.07) is 1.85. The summed E-state index contributed by atoms with van der Waals surface area (Å²) in [7, 11) is 0. The Bertz CT molecular complexity index is 396. The van der Waals surface area contributed by atoms with E-state index in [4.69, 9.17) is 15.2 Å². The second-order valence-electron chi connectivity index (χ2n) is 3.73. The molecule has 0 aliphatic carbocycles. The maximum Gasteiger partial charge on any atom is 0.138 e. The van der Waals surface area contributed by atoms with E-state index < -0.39 is 0 Å². The smallest absolute Gasteiger partial charge is 0.138 e. The van der Waals surface area contributed by atoms with Crippen molar-refractivity contribution in [3.8, 4) is 17.6 Å². The van der Waals surface area contributed by atoms with Crippen LogP contribution >= 0.6 is 0 Å². The third kappa shape index (κ3) is 6.24. The Kier molecular flexibility index (Phi) is 7.61. The first-order valence-electron chi connectivity index (χ1n) is 6.21. The van der Waals surface area contributed by atoms with Gasteiger partial charge >= 0.3 is 0 Å². The Balaban J connectivity index is 2.29. The summed E-state index contributed by atoms with van der Waals surface area (Å²) in [6.45, 7) is 4.40. The number of nitrogens with two attached hydrogens (primary N) is 1. The molecule has 98 valence electrons. The molecule has 1 aromatic rings. The molecule has 4 nitrogen and oxygen atoms in total. The maximum absolute atomic E-state index is 5.52. The molecule has 0 aliphatic heterocycles. The second-order valence-corrected chi connectivity index (χ2v) is 3.73. The van der Waals surface area contributed by atoms with Crippen LogP contribution in [0.4, 0.5) is 0 Å². The van der Waals surface area contributed by atoms with Crippen molar-refractivity contribution in [3.05, 3.63) is 24.0 Å². The molecule has 1 heterocycles. The van der Waals surface area contributed by atoms with Crippen LogP contribution in [0.5, 0.6) is 5.75 Å². The molecule has 1 aromatic heterocycles. The van der Waals surface area contributed by atoms with Crippen LogP contribution in [-0.4, -0.2) is 31.3 Å². The minimum absolute atomic E-state index is 0.344. The molecule has 0 radical (unpaired) electrons. The van der Waals surface area contributed by atoms with E-state index in [2.05, 4.69) is 23.7 Å². The molecular formula is C14H20N2O2. The highest BCUT2D eigenvalue weighted by atomic mass is 16.5. The van der Waals surface area contributed by atoms with Gasteiger partial charge in [0.05, 0.1) is 19.3 Å². The molecular weight excluding hydrogens is 228 g/mol. The van der Waals surface area contributed by atoms with E-state index >= 15 is 0 Å². The van der Waals surface area contributed by atoms with Gasteiger partial charge in [-0.05, 0) is 12.5 Å². The largest absolute Gasteiger partial charge is 0.490 e. The molecule has 0 atom stereocenters. The lowest BCUT2D eigenvalue weighted by molar-refractivity contribution is 0.0979. The fraction of sp³-hybridized carbons (Fsp3) is 0.500. The Morgan fingerprint density at radius 2 is 2.17 bits per heavy atom. The van der Waals surface area contributed by atoms with Crippen molar-refractivity contribution < 1.29 is 9.47 Å². The van der Waals surface area contributed by atoms with Crippen molar-refractivity contribution in [2.75, 3.05) is 26.4 Å². The maximum atomic E-state index is 5.52. The summed E-state index contributed by atoms with van der Waals surface area (Å²) >= 11 is 0. The fourth-order valence-corrected chi connectivity index (χ4v) is 1.29. The van der Waals surface area contributed by atoms with Crippen LogP contribution < -0.4 is 10.5 Å². The molecule has 18 heavy (non-hydrogen) atoms. The SMILES string of the molecule is CCCCOCCOc1cncc(C#CCN)c1. The van der Waals surface area contributed by atoms with E-state index in [9.17, 15) is 0 Å². The number of unbranched alkanes of at least 4 members (excludes halogenated alkanes) is 1. The first-order valence-corrected chi connectivity index (χ1v) is 6.21. The highest BCUT2D eigenvalue weighted by Gasteiger charge is 1.96. The van der Waals surface area contributed by atoms with Crippen molar-refractivity contribution >= 4 is 0 Å². The molecule has 0 bridgehead atoms. The van der Waals surface area contributed by atoms with Crippen molar-refractivity contribution in [1.29, 1.82) is 0 Å². The van der Waals surface area contributed by atoms with Crippen LogP contribution in [0.15, 0.2) is 18.5 Å². The van der Waals surface area contributed by atoms with Crippen molar-refractivity contribution in [1.82, 2.24) is 4.98 Å². The highest BCUT2D eigenvalue weighted by Crippen LogP contribution is 2.10. The van der Waals surface area contributed by atoms with E-state index in [1.165, 1.54) is 0 Å². The molecule has 0 spiro atoms. The normalized spacial score (nSPS) is 9.67. The van der Waals surface area contributed by atoms with Crippen LogP contribution in [0.25, 0.3) is 0 Å². The standard InChI is InChI=1S/C14H20N2O2/c1-2-3-7-17-8-9-18-14-10-13(5-4-6-15)11-16-12-14/h10-12H,2-3,6-9,15H2,1H3. The quantitative estimate of drug-likeness (QED) is 0.588. The minimum atomic E-state index is 0.344. The monoisotopic (exact) mass is 248 g/mol. The molecule has 1 rings (SSSR count). The van der Waals surface area contributed by atoms with E-state index in [-0.39, 0.29) is 0 Å². The minimum Gasteiger partial charge on any atom is -0.490 e. The zero-order valence-corrected chi connectivity index (χ0v) is 10.8. The first kappa shape index (κ1) is 14.5. The summed E-state index contributed by atoms with van der Waals surface area (Å²) in [5.74, 6) is 6.40. The average Bonchev–Trinajstić information content (AvgIpc) is 2.41. The Morgan fingerprint density at radius 3 is 2.94 bits per heavy atom. The fourth-order valence-electron chi connectivity index (χ4n) is 1.29. The number of hydrogen-bond donors (Lipinski definition) is 1. The van der Waals surface area contributed by atoms with Gasteiger partial charge in [-0.1, -0.05) is 25.2 Å². The summed E-state index contributed by atoms with van der Waals surface area (Å²) in [6.07, 6.45) is 5.59. The van der Waals surface area contributed by atoms with E-state index in [1.54, 1.807) is 12.4 Å². The summed E-state index contributed by atoms with van der Waals surface area (Å²) in [4.78, 5) is 4.06. The zero-order chi connectivity index (χ0) is 13.1. The number of aromatic nitrogens is 1.